The normalized spacial score (nSPS) is 18.6. The number of amides is 1. The average Bonchev–Trinajstić information content (AvgIpc) is 3.45. The lowest BCUT2D eigenvalue weighted by atomic mass is 10.1. The van der Waals surface area contributed by atoms with Crippen LogP contribution >= 0.6 is 0 Å². The van der Waals surface area contributed by atoms with E-state index in [9.17, 15) is 13.6 Å². The Morgan fingerprint density at radius 2 is 1.75 bits per heavy atom. The maximum Gasteiger partial charge on any atom is 0.277 e. The molecule has 3 heterocycles. The largest absolute Gasteiger partial charge is 0.377 e. The molecule has 11 heteroatoms. The van der Waals surface area contributed by atoms with E-state index in [1.807, 2.05) is 61.5 Å². The molecule has 6 rings (SSSR count). The van der Waals surface area contributed by atoms with Gasteiger partial charge in [-0.2, -0.15) is 0 Å². The van der Waals surface area contributed by atoms with Crippen LogP contribution in [0, 0.1) is 0 Å². The summed E-state index contributed by atoms with van der Waals surface area (Å²) in [5, 5.41) is 9.01. The number of morpholine rings is 1. The fourth-order valence-corrected chi connectivity index (χ4v) is 5.62. The molecular formula is C33H35F2N7O2. The summed E-state index contributed by atoms with van der Waals surface area (Å²) >= 11 is 0. The molecular weight excluding hydrogens is 564 g/mol. The molecule has 1 amide bonds. The number of benzene rings is 3. The summed E-state index contributed by atoms with van der Waals surface area (Å²) < 4.78 is 34.3. The first kappa shape index (κ1) is 29.5. The molecule has 1 saturated heterocycles. The SMILES string of the molecule is CN[C@H](Cc1ccccc1)C(=O)Nc1ccc(-c2nc(N3c4ccccc4NC3C(F)F)cc(N3CCOC[C@@H]3C)n2)cc1. The van der Waals surface area contributed by atoms with Crippen LogP contribution in [-0.2, 0) is 16.0 Å². The highest BCUT2D eigenvalue weighted by Gasteiger charge is 2.37. The Morgan fingerprint density at radius 1 is 1.02 bits per heavy atom. The number of fused-ring (bicyclic) bond motifs is 1. The second-order valence-electron chi connectivity index (χ2n) is 10.9. The zero-order valence-electron chi connectivity index (χ0n) is 24.6. The number of hydrogen-bond acceptors (Lipinski definition) is 8. The number of halogens is 2. The molecule has 0 radical (unpaired) electrons. The maximum absolute atomic E-state index is 14.3. The lowest BCUT2D eigenvalue weighted by molar-refractivity contribution is -0.118. The molecule has 1 aromatic heterocycles. The minimum absolute atomic E-state index is 0.0443. The summed E-state index contributed by atoms with van der Waals surface area (Å²) in [5.41, 5.74) is 3.61. The third-order valence-corrected chi connectivity index (χ3v) is 7.95. The van der Waals surface area contributed by atoms with Gasteiger partial charge in [-0.05, 0) is 62.4 Å². The van der Waals surface area contributed by atoms with Crippen LogP contribution in [0.4, 0.5) is 37.5 Å². The lowest BCUT2D eigenvalue weighted by Gasteiger charge is -2.35. The molecule has 1 unspecified atom stereocenters. The summed E-state index contributed by atoms with van der Waals surface area (Å²) in [6, 6.07) is 25.7. The van der Waals surface area contributed by atoms with Gasteiger partial charge in [-0.25, -0.2) is 18.7 Å². The molecule has 3 atom stereocenters. The molecule has 228 valence electrons. The number of nitrogens with zero attached hydrogens (tertiary/aromatic N) is 4. The Balaban J connectivity index is 1.31. The zero-order valence-corrected chi connectivity index (χ0v) is 24.6. The maximum atomic E-state index is 14.3. The number of rotatable bonds is 9. The summed E-state index contributed by atoms with van der Waals surface area (Å²) in [5.74, 6) is 1.24. The minimum atomic E-state index is -2.67. The van der Waals surface area contributed by atoms with E-state index in [4.69, 9.17) is 14.7 Å². The molecule has 3 aromatic carbocycles. The molecule has 2 aliphatic heterocycles. The van der Waals surface area contributed by atoms with Crippen molar-refractivity contribution in [2.75, 3.05) is 47.2 Å². The fraction of sp³-hybridized carbons (Fsp3) is 0.303. The van der Waals surface area contributed by atoms with Crippen molar-refractivity contribution in [3.63, 3.8) is 0 Å². The average molecular weight is 600 g/mol. The van der Waals surface area contributed by atoms with Crippen molar-refractivity contribution in [3.8, 4) is 11.4 Å². The van der Waals surface area contributed by atoms with Gasteiger partial charge < -0.3 is 25.6 Å². The van der Waals surface area contributed by atoms with Crippen LogP contribution in [0.3, 0.4) is 0 Å². The topological polar surface area (TPSA) is 94.7 Å². The number of carbonyl (C=O) groups is 1. The number of likely N-dealkylation sites (N-methyl/N-ethyl adjacent to an activating group) is 1. The van der Waals surface area contributed by atoms with Crippen LogP contribution in [0.2, 0.25) is 0 Å². The van der Waals surface area contributed by atoms with Gasteiger partial charge in [0, 0.05) is 23.9 Å². The van der Waals surface area contributed by atoms with Crippen molar-refractivity contribution >= 4 is 34.6 Å². The molecule has 2 aliphatic rings. The van der Waals surface area contributed by atoms with Crippen molar-refractivity contribution in [2.45, 2.75) is 38.0 Å². The molecule has 9 nitrogen and oxygen atoms in total. The predicted octanol–water partition coefficient (Wildman–Crippen LogP) is 5.29. The van der Waals surface area contributed by atoms with Gasteiger partial charge in [0.15, 0.2) is 12.0 Å². The lowest BCUT2D eigenvalue weighted by Crippen LogP contribution is -2.44. The Labute approximate surface area is 255 Å². The van der Waals surface area contributed by atoms with E-state index < -0.39 is 18.6 Å². The van der Waals surface area contributed by atoms with Gasteiger partial charge in [-0.15, -0.1) is 0 Å². The van der Waals surface area contributed by atoms with Crippen molar-refractivity contribution in [2.24, 2.45) is 0 Å². The molecule has 0 saturated carbocycles. The number of carbonyl (C=O) groups excluding carboxylic acids is 1. The van der Waals surface area contributed by atoms with Crippen molar-refractivity contribution < 1.29 is 18.3 Å². The van der Waals surface area contributed by atoms with Gasteiger partial charge in [-0.3, -0.25) is 9.69 Å². The summed E-state index contributed by atoms with van der Waals surface area (Å²) in [4.78, 5) is 26.4. The molecule has 4 aromatic rings. The molecule has 3 N–H and O–H groups in total. The molecule has 0 spiro atoms. The van der Waals surface area contributed by atoms with Crippen LogP contribution in [0.25, 0.3) is 11.4 Å². The summed E-state index contributed by atoms with van der Waals surface area (Å²) in [6.45, 7) is 3.74. The third kappa shape index (κ3) is 6.20. The standard InChI is InChI=1S/C33H35F2N7O2/c1-21-20-44-17-16-41(21)28-19-29(42-27-11-7-6-10-25(27)38-32(42)30(34)35)40-31(39-28)23-12-14-24(15-13-23)37-33(43)26(36-2)18-22-8-4-3-5-9-22/h3-15,19,21,26,30,32,36,38H,16-18,20H2,1-2H3,(H,37,43)/t21-,26+,32?/m0/s1. The van der Waals surface area contributed by atoms with Crippen molar-refractivity contribution in [1.29, 1.82) is 0 Å². The van der Waals surface area contributed by atoms with Gasteiger partial charge in [-0.1, -0.05) is 42.5 Å². The zero-order chi connectivity index (χ0) is 30.6. The highest BCUT2D eigenvalue weighted by molar-refractivity contribution is 5.95. The van der Waals surface area contributed by atoms with E-state index in [1.165, 1.54) is 0 Å². The van der Waals surface area contributed by atoms with E-state index in [2.05, 4.69) is 20.9 Å². The summed E-state index contributed by atoms with van der Waals surface area (Å²) in [6.07, 6.45) is -3.39. The number of hydrogen-bond donors (Lipinski definition) is 3. The van der Waals surface area contributed by atoms with Crippen LogP contribution in [0.15, 0.2) is 84.9 Å². The van der Waals surface area contributed by atoms with E-state index in [1.54, 1.807) is 42.3 Å². The van der Waals surface area contributed by atoms with Gasteiger partial charge in [0.2, 0.25) is 5.91 Å². The van der Waals surface area contributed by atoms with Crippen LogP contribution in [-0.4, -0.2) is 67.4 Å². The Bertz CT molecular complexity index is 1590. The van der Waals surface area contributed by atoms with E-state index in [-0.39, 0.29) is 11.9 Å². The first-order chi connectivity index (χ1) is 21.4. The van der Waals surface area contributed by atoms with Gasteiger partial charge in [0.05, 0.1) is 36.7 Å². The van der Waals surface area contributed by atoms with Crippen molar-refractivity contribution in [1.82, 2.24) is 15.3 Å². The molecule has 0 bridgehead atoms. The molecule has 0 aliphatic carbocycles. The first-order valence-corrected chi connectivity index (χ1v) is 14.7. The summed E-state index contributed by atoms with van der Waals surface area (Å²) in [7, 11) is 1.76. The smallest absolute Gasteiger partial charge is 0.277 e. The highest BCUT2D eigenvalue weighted by Crippen LogP contribution is 2.42. The number of aromatic nitrogens is 2. The number of anilines is 5. The quantitative estimate of drug-likeness (QED) is 0.239. The van der Waals surface area contributed by atoms with E-state index in [0.717, 1.165) is 5.56 Å². The van der Waals surface area contributed by atoms with Crippen LogP contribution < -0.4 is 25.8 Å². The third-order valence-electron chi connectivity index (χ3n) is 7.95. The number of alkyl halides is 2. The van der Waals surface area contributed by atoms with E-state index >= 15 is 0 Å². The minimum Gasteiger partial charge on any atom is -0.377 e. The monoisotopic (exact) mass is 599 g/mol. The Morgan fingerprint density at radius 3 is 2.48 bits per heavy atom. The first-order valence-electron chi connectivity index (χ1n) is 14.7. The van der Waals surface area contributed by atoms with Crippen LogP contribution in [0.5, 0.6) is 0 Å². The predicted molar refractivity (Wildman–Crippen MR) is 169 cm³/mol. The number of para-hydroxylation sites is 2. The molecule has 44 heavy (non-hydrogen) atoms. The fourth-order valence-electron chi connectivity index (χ4n) is 5.62. The highest BCUT2D eigenvalue weighted by atomic mass is 19.3. The number of nitrogens with one attached hydrogen (secondary N) is 3. The second-order valence-corrected chi connectivity index (χ2v) is 10.9. The van der Waals surface area contributed by atoms with Crippen LogP contribution in [0.1, 0.15) is 12.5 Å². The molecule has 1 fully saturated rings. The van der Waals surface area contributed by atoms with Gasteiger partial charge in [0.25, 0.3) is 6.43 Å². The van der Waals surface area contributed by atoms with Gasteiger partial charge in [0.1, 0.15) is 11.6 Å². The van der Waals surface area contributed by atoms with Gasteiger partial charge >= 0.3 is 0 Å². The Hall–Kier alpha value is -4.61. The second kappa shape index (κ2) is 12.9. The number of ether oxygens (including phenoxy) is 1. The van der Waals surface area contributed by atoms with Crippen molar-refractivity contribution in [3.05, 3.63) is 90.5 Å². The Kier molecular flexibility index (Phi) is 8.67. The van der Waals surface area contributed by atoms with E-state index in [0.29, 0.717) is 66.3 Å².